The summed E-state index contributed by atoms with van der Waals surface area (Å²) in [6, 6.07) is 10.0. The van der Waals surface area contributed by atoms with E-state index in [1.807, 2.05) is 35.2 Å². The molecular formula is C20H16ClNO4S. The number of thioether (sulfide) groups is 1. The van der Waals surface area contributed by atoms with Gasteiger partial charge in [0.25, 0.3) is 0 Å². The zero-order chi connectivity index (χ0) is 19.1. The number of ketones is 2. The van der Waals surface area contributed by atoms with E-state index in [-0.39, 0.29) is 32.8 Å². The molecule has 2 aromatic carbocycles. The number of benzene rings is 2. The zero-order valence-electron chi connectivity index (χ0n) is 14.2. The second-order valence-corrected chi connectivity index (χ2v) is 8.21. The van der Waals surface area contributed by atoms with E-state index in [2.05, 4.69) is 0 Å². The lowest BCUT2D eigenvalue weighted by Gasteiger charge is -2.25. The second kappa shape index (κ2) is 6.94. The number of carbonyl (C=O) groups excluding carboxylic acids is 2. The smallest absolute Gasteiger partial charge is 0.190 e. The van der Waals surface area contributed by atoms with E-state index in [0.717, 1.165) is 23.5 Å². The Morgan fingerprint density at radius 2 is 1.63 bits per heavy atom. The summed E-state index contributed by atoms with van der Waals surface area (Å²) in [7, 11) is 0. The van der Waals surface area contributed by atoms with Crippen molar-refractivity contribution in [2.75, 3.05) is 18.0 Å². The first-order chi connectivity index (χ1) is 13.0. The van der Waals surface area contributed by atoms with Crippen molar-refractivity contribution in [2.24, 2.45) is 0 Å². The van der Waals surface area contributed by atoms with Crippen LogP contribution in [-0.2, 0) is 0 Å². The molecule has 2 aromatic rings. The third kappa shape index (κ3) is 3.09. The Morgan fingerprint density at radius 3 is 2.30 bits per heavy atom. The minimum atomic E-state index is -0.551. The van der Waals surface area contributed by atoms with Gasteiger partial charge in [0.1, 0.15) is 16.5 Å². The van der Waals surface area contributed by atoms with Gasteiger partial charge in [0.05, 0.1) is 11.1 Å². The fraction of sp³-hybridized carbons (Fsp3) is 0.200. The number of nitrogens with zero attached hydrogens (tertiary/aromatic N) is 1. The maximum Gasteiger partial charge on any atom is 0.190 e. The maximum atomic E-state index is 12.2. The zero-order valence-corrected chi connectivity index (χ0v) is 15.8. The summed E-state index contributed by atoms with van der Waals surface area (Å²) in [4.78, 5) is 27.3. The second-order valence-electron chi connectivity index (χ2n) is 6.46. The number of halogens is 1. The van der Waals surface area contributed by atoms with Gasteiger partial charge >= 0.3 is 0 Å². The van der Waals surface area contributed by atoms with E-state index >= 15 is 0 Å². The number of carbonyl (C=O) groups is 2. The molecule has 0 saturated carbocycles. The molecule has 2 aliphatic rings. The lowest BCUT2D eigenvalue weighted by Crippen LogP contribution is -2.23. The molecule has 138 valence electrons. The van der Waals surface area contributed by atoms with Crippen molar-refractivity contribution in [3.63, 3.8) is 0 Å². The van der Waals surface area contributed by atoms with Crippen molar-refractivity contribution in [2.45, 2.75) is 16.6 Å². The van der Waals surface area contributed by atoms with Gasteiger partial charge in [-0.15, -0.1) is 11.8 Å². The predicted molar refractivity (Wildman–Crippen MR) is 105 cm³/mol. The summed E-state index contributed by atoms with van der Waals surface area (Å²) in [6.45, 7) is 1.22. The molecule has 1 aliphatic carbocycles. The Labute approximate surface area is 165 Å². The molecule has 0 aromatic heterocycles. The van der Waals surface area contributed by atoms with Gasteiger partial charge < -0.3 is 15.1 Å². The topological polar surface area (TPSA) is 77.8 Å². The summed E-state index contributed by atoms with van der Waals surface area (Å²) >= 11 is 8.02. The number of rotatable bonds is 3. The molecule has 5 nitrogen and oxygen atoms in total. The lowest BCUT2D eigenvalue weighted by molar-refractivity contribution is 0.0989. The third-order valence-electron chi connectivity index (χ3n) is 4.75. The van der Waals surface area contributed by atoms with Gasteiger partial charge in [0.2, 0.25) is 0 Å². The van der Waals surface area contributed by atoms with Crippen LogP contribution < -0.4 is 4.90 Å². The first kappa shape index (κ1) is 17.9. The van der Waals surface area contributed by atoms with Crippen LogP contribution in [0.25, 0.3) is 0 Å². The van der Waals surface area contributed by atoms with Crippen molar-refractivity contribution >= 4 is 40.6 Å². The Hall–Kier alpha value is -2.44. The highest BCUT2D eigenvalue weighted by molar-refractivity contribution is 8.00. The van der Waals surface area contributed by atoms with E-state index in [4.69, 9.17) is 11.6 Å². The first-order valence-corrected chi connectivity index (χ1v) is 9.74. The van der Waals surface area contributed by atoms with E-state index < -0.39 is 17.3 Å². The highest BCUT2D eigenvalue weighted by atomic mass is 35.5. The fourth-order valence-electron chi connectivity index (χ4n) is 3.49. The molecule has 27 heavy (non-hydrogen) atoms. The number of anilines is 1. The molecule has 1 aliphatic heterocycles. The molecule has 2 N–H and O–H groups in total. The Bertz CT molecular complexity index is 974. The summed E-state index contributed by atoms with van der Waals surface area (Å²) in [6.07, 6.45) is 3.03. The van der Waals surface area contributed by atoms with Gasteiger partial charge in [-0.1, -0.05) is 29.8 Å². The number of fused-ring (bicyclic) bond motifs is 1. The number of aromatic hydroxyl groups is 2. The molecule has 0 radical (unpaired) electrons. The minimum Gasteiger partial charge on any atom is -0.505 e. The van der Waals surface area contributed by atoms with E-state index in [1.165, 1.54) is 0 Å². The minimum absolute atomic E-state index is 0.104. The molecule has 1 fully saturated rings. The van der Waals surface area contributed by atoms with Crippen LogP contribution in [-0.4, -0.2) is 40.1 Å². The number of allylic oxidation sites excluding steroid dienone is 2. The van der Waals surface area contributed by atoms with Crippen LogP contribution in [0.4, 0.5) is 5.69 Å². The van der Waals surface area contributed by atoms with Crippen LogP contribution in [0.5, 0.6) is 11.5 Å². The molecule has 1 atom stereocenters. The normalized spacial score (nSPS) is 18.9. The van der Waals surface area contributed by atoms with Crippen molar-refractivity contribution in [1.29, 1.82) is 0 Å². The highest BCUT2D eigenvalue weighted by Gasteiger charge is 2.35. The lowest BCUT2D eigenvalue weighted by atomic mass is 9.92. The van der Waals surface area contributed by atoms with E-state index in [9.17, 15) is 19.8 Å². The average molecular weight is 402 g/mol. The molecule has 4 rings (SSSR count). The van der Waals surface area contributed by atoms with Crippen LogP contribution >= 0.6 is 23.4 Å². The highest BCUT2D eigenvalue weighted by Crippen LogP contribution is 2.49. The van der Waals surface area contributed by atoms with Crippen LogP contribution in [0.2, 0.25) is 5.02 Å². The van der Waals surface area contributed by atoms with Crippen molar-refractivity contribution in [3.05, 3.63) is 58.6 Å². The largest absolute Gasteiger partial charge is 0.505 e. The van der Waals surface area contributed by atoms with E-state index in [0.29, 0.717) is 13.1 Å². The monoisotopic (exact) mass is 401 g/mol. The summed E-state index contributed by atoms with van der Waals surface area (Å²) in [5, 5.41) is 21.3. The van der Waals surface area contributed by atoms with Gasteiger partial charge in [0, 0.05) is 23.2 Å². The molecule has 7 heteroatoms. The number of phenolic OH excluding ortho intramolecular Hbond substituents is 2. The van der Waals surface area contributed by atoms with Crippen molar-refractivity contribution in [1.82, 2.24) is 0 Å². The van der Waals surface area contributed by atoms with Crippen LogP contribution in [0.15, 0.2) is 47.4 Å². The van der Waals surface area contributed by atoms with Crippen molar-refractivity contribution < 1.29 is 19.8 Å². The number of phenols is 2. The molecule has 1 unspecified atom stereocenters. The van der Waals surface area contributed by atoms with Crippen LogP contribution in [0.3, 0.4) is 0 Å². The first-order valence-electron chi connectivity index (χ1n) is 8.48. The molecule has 0 spiro atoms. The fourth-order valence-corrected chi connectivity index (χ4v) is 4.97. The van der Waals surface area contributed by atoms with E-state index in [1.54, 1.807) is 11.8 Å². The number of hydrogen-bond acceptors (Lipinski definition) is 6. The van der Waals surface area contributed by atoms with Gasteiger partial charge in [-0.25, -0.2) is 0 Å². The Balaban J connectivity index is 1.67. The molecule has 0 bridgehead atoms. The SMILES string of the molecule is O=C1C=CC(=O)c2c(O)c(N3CCC(Sc4ccccc4)C3)c(Cl)c(O)c21. The quantitative estimate of drug-likeness (QED) is 0.755. The number of hydrogen-bond donors (Lipinski definition) is 2. The Morgan fingerprint density at radius 1 is 1.00 bits per heavy atom. The van der Waals surface area contributed by atoms with Gasteiger partial charge in [-0.05, 0) is 30.7 Å². The van der Waals surface area contributed by atoms with Crippen LogP contribution in [0.1, 0.15) is 27.1 Å². The van der Waals surface area contributed by atoms with Gasteiger partial charge in [-0.2, -0.15) is 0 Å². The maximum absolute atomic E-state index is 12.2. The molecular weight excluding hydrogens is 386 g/mol. The summed E-state index contributed by atoms with van der Waals surface area (Å²) in [5.74, 6) is -1.88. The third-order valence-corrected chi connectivity index (χ3v) is 6.37. The van der Waals surface area contributed by atoms with Gasteiger partial charge in [0.15, 0.2) is 17.3 Å². The summed E-state index contributed by atoms with van der Waals surface area (Å²) in [5.41, 5.74) is -0.206. The summed E-state index contributed by atoms with van der Waals surface area (Å²) < 4.78 is 0. The van der Waals surface area contributed by atoms with Crippen LogP contribution in [0, 0.1) is 0 Å². The van der Waals surface area contributed by atoms with Crippen molar-refractivity contribution in [3.8, 4) is 11.5 Å². The molecule has 1 heterocycles. The molecule has 1 saturated heterocycles. The average Bonchev–Trinajstić information content (AvgIpc) is 3.10. The molecule has 0 amide bonds. The van der Waals surface area contributed by atoms with Gasteiger partial charge in [-0.3, -0.25) is 9.59 Å². The Kier molecular flexibility index (Phi) is 4.61. The predicted octanol–water partition coefficient (Wildman–Crippen LogP) is 4.06. The standard InChI is InChI=1S/C20H16ClNO4S/c21-17-18(20(26)16-14(24)7-6-13(23)15(16)19(17)25)22-9-8-12(10-22)27-11-4-2-1-3-5-11/h1-7,12,25-26H,8-10H2.